The largest absolute Gasteiger partial charge is 0.412 e. The maximum Gasteiger partial charge on any atom is 0.335 e. The molecule has 0 aliphatic carbocycles. The Bertz CT molecular complexity index is 822. The first-order chi connectivity index (χ1) is 10.8. The Morgan fingerprint density at radius 3 is 2.61 bits per heavy atom. The number of aromatic nitrogens is 2. The normalized spacial score (nSPS) is 11.3. The summed E-state index contributed by atoms with van der Waals surface area (Å²) in [5.74, 6) is 0.111. The lowest BCUT2D eigenvalue weighted by molar-refractivity contribution is 0.252. The smallest absolute Gasteiger partial charge is 0.335 e. The molecule has 0 spiro atoms. The number of rotatable bonds is 5. The maximum absolute atomic E-state index is 11.7. The molecule has 0 bridgehead atoms. The molecule has 2 amide bonds. The van der Waals surface area contributed by atoms with Crippen LogP contribution in [0.4, 0.5) is 10.5 Å². The molecular formula is C12H12Cl2N4O4S. The van der Waals surface area contributed by atoms with E-state index in [2.05, 4.69) is 20.8 Å². The lowest BCUT2D eigenvalue weighted by atomic mass is 10.3. The number of halogens is 2. The fourth-order valence-electron chi connectivity index (χ4n) is 1.52. The molecule has 1 heterocycles. The highest BCUT2D eigenvalue weighted by molar-refractivity contribution is 7.90. The summed E-state index contributed by atoms with van der Waals surface area (Å²) in [7, 11) is -3.53. The number of nitrogens with one attached hydrogen (secondary N) is 2. The van der Waals surface area contributed by atoms with Gasteiger partial charge in [0.2, 0.25) is 15.7 Å². The highest BCUT2D eigenvalue weighted by atomic mass is 35.5. The van der Waals surface area contributed by atoms with Crippen LogP contribution in [0.3, 0.4) is 0 Å². The highest BCUT2D eigenvalue weighted by Crippen LogP contribution is 2.24. The summed E-state index contributed by atoms with van der Waals surface area (Å²) in [5.41, 5.74) is 0.481. The standard InChI is InChI=1S/C12H12Cl2N4O4S/c1-23(20,21)12-18-17-10(22-12)4-5-15-11(19)16-7-2-3-8(13)9(14)6-7/h2-3,6H,4-5H2,1H3,(H2,15,16,19). The molecule has 0 saturated heterocycles. The fourth-order valence-corrected chi connectivity index (χ4v) is 2.26. The third kappa shape index (κ3) is 5.08. The Balaban J connectivity index is 1.83. The van der Waals surface area contributed by atoms with Gasteiger partial charge in [0.15, 0.2) is 0 Å². The summed E-state index contributed by atoms with van der Waals surface area (Å²) in [4.78, 5) is 11.7. The number of hydrogen-bond acceptors (Lipinski definition) is 6. The van der Waals surface area contributed by atoms with Crippen molar-refractivity contribution < 1.29 is 17.6 Å². The predicted molar refractivity (Wildman–Crippen MR) is 84.6 cm³/mol. The number of hydrogen-bond donors (Lipinski definition) is 2. The summed E-state index contributed by atoms with van der Waals surface area (Å²) in [5, 5.41) is 12.4. The lowest BCUT2D eigenvalue weighted by Crippen LogP contribution is -2.30. The van der Waals surface area contributed by atoms with Crippen LogP contribution < -0.4 is 10.6 Å². The first-order valence-electron chi connectivity index (χ1n) is 6.28. The van der Waals surface area contributed by atoms with Gasteiger partial charge in [-0.05, 0) is 18.2 Å². The highest BCUT2D eigenvalue weighted by Gasteiger charge is 2.16. The van der Waals surface area contributed by atoms with E-state index in [1.54, 1.807) is 12.1 Å². The van der Waals surface area contributed by atoms with Crippen LogP contribution in [0.5, 0.6) is 0 Å². The van der Waals surface area contributed by atoms with Crippen LogP contribution in [-0.4, -0.2) is 37.4 Å². The van der Waals surface area contributed by atoms with E-state index in [1.165, 1.54) is 6.07 Å². The van der Waals surface area contributed by atoms with Crippen molar-refractivity contribution in [1.29, 1.82) is 0 Å². The summed E-state index contributed by atoms with van der Waals surface area (Å²) >= 11 is 11.6. The number of nitrogens with zero attached hydrogens (tertiary/aromatic N) is 2. The van der Waals surface area contributed by atoms with Gasteiger partial charge in [-0.2, -0.15) is 0 Å². The van der Waals surface area contributed by atoms with Gasteiger partial charge in [0.05, 0.1) is 10.0 Å². The van der Waals surface area contributed by atoms with Crippen molar-refractivity contribution in [2.45, 2.75) is 11.6 Å². The van der Waals surface area contributed by atoms with Gasteiger partial charge in [-0.15, -0.1) is 5.10 Å². The van der Waals surface area contributed by atoms with E-state index in [0.717, 1.165) is 6.26 Å². The average Bonchev–Trinajstić information content (AvgIpc) is 2.92. The second kappa shape index (κ2) is 7.16. The topological polar surface area (TPSA) is 114 Å². The van der Waals surface area contributed by atoms with Crippen molar-refractivity contribution in [1.82, 2.24) is 15.5 Å². The third-order valence-corrected chi connectivity index (χ3v) is 4.11. The van der Waals surface area contributed by atoms with E-state index in [-0.39, 0.29) is 18.9 Å². The minimum Gasteiger partial charge on any atom is -0.412 e. The van der Waals surface area contributed by atoms with Crippen LogP contribution in [0.1, 0.15) is 5.89 Å². The van der Waals surface area contributed by atoms with Crippen molar-refractivity contribution in [2.75, 3.05) is 18.1 Å². The van der Waals surface area contributed by atoms with E-state index >= 15 is 0 Å². The van der Waals surface area contributed by atoms with Gasteiger partial charge in [-0.25, -0.2) is 13.2 Å². The van der Waals surface area contributed by atoms with Crippen LogP contribution in [-0.2, 0) is 16.3 Å². The molecule has 1 aromatic heterocycles. The Hall–Kier alpha value is -1.84. The third-order valence-electron chi connectivity index (χ3n) is 2.57. The molecule has 0 aliphatic rings. The monoisotopic (exact) mass is 378 g/mol. The first kappa shape index (κ1) is 17.5. The second-order valence-corrected chi connectivity index (χ2v) is 7.20. The van der Waals surface area contributed by atoms with Gasteiger partial charge in [-0.3, -0.25) is 0 Å². The molecule has 0 atom stereocenters. The quantitative estimate of drug-likeness (QED) is 0.823. The van der Waals surface area contributed by atoms with Crippen molar-refractivity contribution in [3.8, 4) is 0 Å². The summed E-state index contributed by atoms with van der Waals surface area (Å²) in [6.07, 6.45) is 1.16. The van der Waals surface area contributed by atoms with Crippen LogP contribution in [0, 0.1) is 0 Å². The van der Waals surface area contributed by atoms with E-state index in [9.17, 15) is 13.2 Å². The summed E-state index contributed by atoms with van der Waals surface area (Å²) in [6.45, 7) is 0.179. The van der Waals surface area contributed by atoms with Crippen LogP contribution in [0.15, 0.2) is 27.8 Å². The van der Waals surface area contributed by atoms with Gasteiger partial charge in [0.25, 0.3) is 0 Å². The zero-order chi connectivity index (χ0) is 17.0. The summed E-state index contributed by atoms with van der Waals surface area (Å²) < 4.78 is 27.3. The molecule has 0 unspecified atom stereocenters. The molecule has 2 rings (SSSR count). The molecule has 0 fully saturated rings. The van der Waals surface area contributed by atoms with E-state index < -0.39 is 21.1 Å². The van der Waals surface area contributed by atoms with Gasteiger partial charge in [0.1, 0.15) is 0 Å². The Labute approximate surface area is 142 Å². The Morgan fingerprint density at radius 2 is 2.00 bits per heavy atom. The van der Waals surface area contributed by atoms with E-state index in [0.29, 0.717) is 15.7 Å². The molecule has 0 aliphatic heterocycles. The van der Waals surface area contributed by atoms with Crippen LogP contribution >= 0.6 is 23.2 Å². The predicted octanol–water partition coefficient (Wildman–Crippen LogP) is 2.14. The second-order valence-electron chi connectivity index (χ2n) is 4.49. The molecule has 1 aromatic carbocycles. The molecular weight excluding hydrogens is 367 g/mol. The van der Waals surface area contributed by atoms with Gasteiger partial charge in [0, 0.05) is 24.9 Å². The Kier molecular flexibility index (Phi) is 5.45. The van der Waals surface area contributed by atoms with E-state index in [1.807, 2.05) is 0 Å². The van der Waals surface area contributed by atoms with Gasteiger partial charge >= 0.3 is 11.3 Å². The van der Waals surface area contributed by atoms with Crippen molar-refractivity contribution >= 4 is 44.8 Å². The zero-order valence-corrected chi connectivity index (χ0v) is 14.2. The Morgan fingerprint density at radius 1 is 1.26 bits per heavy atom. The average molecular weight is 379 g/mol. The van der Waals surface area contributed by atoms with Crippen molar-refractivity contribution in [3.63, 3.8) is 0 Å². The first-order valence-corrected chi connectivity index (χ1v) is 8.93. The molecule has 23 heavy (non-hydrogen) atoms. The fraction of sp³-hybridized carbons (Fsp3) is 0.250. The number of anilines is 1. The number of sulfone groups is 1. The number of carbonyl (C=O) groups is 1. The molecule has 8 nitrogen and oxygen atoms in total. The molecule has 0 radical (unpaired) electrons. The SMILES string of the molecule is CS(=O)(=O)c1nnc(CCNC(=O)Nc2ccc(Cl)c(Cl)c2)o1. The molecule has 11 heteroatoms. The number of benzene rings is 1. The maximum atomic E-state index is 11.7. The molecule has 2 N–H and O–H groups in total. The lowest BCUT2D eigenvalue weighted by Gasteiger charge is -2.07. The van der Waals surface area contributed by atoms with Crippen LogP contribution in [0.25, 0.3) is 0 Å². The zero-order valence-electron chi connectivity index (χ0n) is 11.8. The van der Waals surface area contributed by atoms with E-state index in [4.69, 9.17) is 27.6 Å². The summed E-state index contributed by atoms with van der Waals surface area (Å²) in [6, 6.07) is 4.21. The molecule has 124 valence electrons. The molecule has 2 aromatic rings. The minimum atomic E-state index is -3.53. The minimum absolute atomic E-state index is 0.111. The van der Waals surface area contributed by atoms with Crippen molar-refractivity contribution in [2.24, 2.45) is 0 Å². The molecule has 0 saturated carbocycles. The number of amides is 2. The number of urea groups is 1. The van der Waals surface area contributed by atoms with Gasteiger partial charge < -0.3 is 15.1 Å². The number of carbonyl (C=O) groups excluding carboxylic acids is 1. The van der Waals surface area contributed by atoms with Gasteiger partial charge in [-0.1, -0.05) is 28.3 Å². The van der Waals surface area contributed by atoms with Crippen LogP contribution in [0.2, 0.25) is 10.0 Å². The van der Waals surface area contributed by atoms with Crippen molar-refractivity contribution in [3.05, 3.63) is 34.1 Å².